The first kappa shape index (κ1) is 15.4. The molecule has 0 aliphatic rings. The number of amides is 1. The Kier molecular flexibility index (Phi) is 5.76. The minimum absolute atomic E-state index is 0.0921. The third kappa shape index (κ3) is 4.87. The molecular formula is C14H21FN2O2. The summed E-state index contributed by atoms with van der Waals surface area (Å²) in [7, 11) is 1.49. The monoisotopic (exact) mass is 268 g/mol. The summed E-state index contributed by atoms with van der Waals surface area (Å²) < 4.78 is 18.6. The van der Waals surface area contributed by atoms with Crippen LogP contribution in [0.2, 0.25) is 0 Å². The van der Waals surface area contributed by atoms with Gasteiger partial charge in [-0.2, -0.15) is 0 Å². The summed E-state index contributed by atoms with van der Waals surface area (Å²) in [5.41, 5.74) is 0.505. The molecule has 1 rings (SSSR count). The van der Waals surface area contributed by atoms with Gasteiger partial charge in [-0.05, 0) is 26.8 Å². The van der Waals surface area contributed by atoms with E-state index in [4.69, 9.17) is 4.74 Å². The molecule has 1 aromatic carbocycles. The fourth-order valence-corrected chi connectivity index (χ4v) is 1.56. The number of ether oxygens (including phenoxy) is 1. The summed E-state index contributed by atoms with van der Waals surface area (Å²) in [5, 5.41) is 5.79. The SMILES string of the molecule is COc1ccc(CNC(C)C(=O)NC(C)C)c(F)c1. The van der Waals surface area contributed by atoms with Gasteiger partial charge in [0, 0.05) is 24.2 Å². The van der Waals surface area contributed by atoms with Crippen molar-refractivity contribution in [3.8, 4) is 5.75 Å². The first-order chi connectivity index (χ1) is 8.93. The predicted molar refractivity (Wildman–Crippen MR) is 72.5 cm³/mol. The topological polar surface area (TPSA) is 50.4 Å². The first-order valence-electron chi connectivity index (χ1n) is 6.30. The summed E-state index contributed by atoms with van der Waals surface area (Å²) in [5.74, 6) is 0.0408. The quantitative estimate of drug-likeness (QED) is 0.827. The van der Waals surface area contributed by atoms with Crippen molar-refractivity contribution >= 4 is 5.91 Å². The van der Waals surface area contributed by atoms with E-state index in [0.29, 0.717) is 17.9 Å². The largest absolute Gasteiger partial charge is 0.497 e. The molecule has 1 unspecified atom stereocenters. The maximum absolute atomic E-state index is 13.7. The minimum atomic E-state index is -0.371. The maximum Gasteiger partial charge on any atom is 0.237 e. The van der Waals surface area contributed by atoms with Gasteiger partial charge in [0.25, 0.3) is 0 Å². The van der Waals surface area contributed by atoms with E-state index in [-0.39, 0.29) is 23.8 Å². The Morgan fingerprint density at radius 3 is 2.58 bits per heavy atom. The van der Waals surface area contributed by atoms with Gasteiger partial charge in [0.15, 0.2) is 0 Å². The Bertz CT molecular complexity index is 435. The van der Waals surface area contributed by atoms with Crippen molar-refractivity contribution in [3.05, 3.63) is 29.6 Å². The first-order valence-corrected chi connectivity index (χ1v) is 6.30. The third-order valence-electron chi connectivity index (χ3n) is 2.68. The number of benzene rings is 1. The molecule has 0 bridgehead atoms. The van der Waals surface area contributed by atoms with Crippen molar-refractivity contribution in [2.45, 2.75) is 39.4 Å². The zero-order valence-electron chi connectivity index (χ0n) is 11.8. The molecule has 106 valence electrons. The van der Waals surface area contributed by atoms with E-state index in [1.54, 1.807) is 19.1 Å². The molecule has 0 aliphatic heterocycles. The van der Waals surface area contributed by atoms with E-state index >= 15 is 0 Å². The highest BCUT2D eigenvalue weighted by Gasteiger charge is 2.13. The van der Waals surface area contributed by atoms with E-state index in [1.165, 1.54) is 13.2 Å². The molecule has 0 aromatic heterocycles. The fourth-order valence-electron chi connectivity index (χ4n) is 1.56. The van der Waals surface area contributed by atoms with Crippen molar-refractivity contribution < 1.29 is 13.9 Å². The van der Waals surface area contributed by atoms with E-state index in [0.717, 1.165) is 0 Å². The molecule has 0 aliphatic carbocycles. The Morgan fingerprint density at radius 2 is 2.05 bits per heavy atom. The molecule has 0 radical (unpaired) electrons. The maximum atomic E-state index is 13.7. The molecule has 1 aromatic rings. The molecule has 0 saturated carbocycles. The van der Waals surface area contributed by atoms with E-state index < -0.39 is 0 Å². The minimum Gasteiger partial charge on any atom is -0.497 e. The number of nitrogens with one attached hydrogen (secondary N) is 2. The van der Waals surface area contributed by atoms with Gasteiger partial charge >= 0.3 is 0 Å². The van der Waals surface area contributed by atoms with Gasteiger partial charge in [-0.25, -0.2) is 4.39 Å². The lowest BCUT2D eigenvalue weighted by Crippen LogP contribution is -2.44. The molecule has 4 nitrogen and oxygen atoms in total. The van der Waals surface area contributed by atoms with Crippen LogP contribution in [0.15, 0.2) is 18.2 Å². The smallest absolute Gasteiger partial charge is 0.237 e. The number of carbonyl (C=O) groups is 1. The van der Waals surface area contributed by atoms with E-state index in [9.17, 15) is 9.18 Å². The van der Waals surface area contributed by atoms with Gasteiger partial charge in [-0.15, -0.1) is 0 Å². The molecule has 1 atom stereocenters. The Morgan fingerprint density at radius 1 is 1.37 bits per heavy atom. The van der Waals surface area contributed by atoms with Crippen molar-refractivity contribution in [2.24, 2.45) is 0 Å². The number of hydrogen-bond acceptors (Lipinski definition) is 3. The van der Waals surface area contributed by atoms with Crippen molar-refractivity contribution in [1.29, 1.82) is 0 Å². The second-order valence-electron chi connectivity index (χ2n) is 4.72. The highest BCUT2D eigenvalue weighted by atomic mass is 19.1. The number of rotatable bonds is 6. The van der Waals surface area contributed by atoms with E-state index in [1.807, 2.05) is 13.8 Å². The molecular weight excluding hydrogens is 247 g/mol. The fraction of sp³-hybridized carbons (Fsp3) is 0.500. The zero-order valence-corrected chi connectivity index (χ0v) is 11.8. The summed E-state index contributed by atoms with van der Waals surface area (Å²) >= 11 is 0. The Hall–Kier alpha value is -1.62. The highest BCUT2D eigenvalue weighted by molar-refractivity contribution is 5.81. The highest BCUT2D eigenvalue weighted by Crippen LogP contribution is 2.16. The van der Waals surface area contributed by atoms with E-state index in [2.05, 4.69) is 10.6 Å². The Labute approximate surface area is 113 Å². The number of hydrogen-bond donors (Lipinski definition) is 2. The second-order valence-corrected chi connectivity index (χ2v) is 4.72. The molecule has 0 heterocycles. The van der Waals surface area contributed by atoms with Gasteiger partial charge in [-0.3, -0.25) is 4.79 Å². The molecule has 0 fully saturated rings. The molecule has 19 heavy (non-hydrogen) atoms. The lowest BCUT2D eigenvalue weighted by Gasteiger charge is -2.16. The normalized spacial score (nSPS) is 12.3. The van der Waals surface area contributed by atoms with Gasteiger partial charge in [0.2, 0.25) is 5.91 Å². The summed E-state index contributed by atoms with van der Waals surface area (Å²) in [6, 6.07) is 4.39. The van der Waals surface area contributed by atoms with Crippen LogP contribution in [0.1, 0.15) is 26.3 Å². The van der Waals surface area contributed by atoms with Crippen LogP contribution in [0.3, 0.4) is 0 Å². The summed E-state index contributed by atoms with van der Waals surface area (Å²) in [4.78, 5) is 11.7. The zero-order chi connectivity index (χ0) is 14.4. The van der Waals surface area contributed by atoms with Gasteiger partial charge in [0.05, 0.1) is 13.2 Å². The van der Waals surface area contributed by atoms with Crippen LogP contribution in [0, 0.1) is 5.82 Å². The van der Waals surface area contributed by atoms with Crippen LogP contribution in [0.5, 0.6) is 5.75 Å². The number of halogens is 1. The van der Waals surface area contributed by atoms with Gasteiger partial charge in [0.1, 0.15) is 11.6 Å². The van der Waals surface area contributed by atoms with Crippen LogP contribution < -0.4 is 15.4 Å². The molecule has 1 amide bonds. The Balaban J connectivity index is 2.54. The summed E-state index contributed by atoms with van der Waals surface area (Å²) in [6.07, 6.45) is 0. The average Bonchev–Trinajstić information content (AvgIpc) is 2.35. The van der Waals surface area contributed by atoms with Gasteiger partial charge < -0.3 is 15.4 Å². The summed E-state index contributed by atoms with van der Waals surface area (Å²) in [6.45, 7) is 5.84. The molecule has 0 saturated heterocycles. The van der Waals surface area contributed by atoms with Crippen LogP contribution in [-0.2, 0) is 11.3 Å². The van der Waals surface area contributed by atoms with Gasteiger partial charge in [-0.1, -0.05) is 6.07 Å². The second kappa shape index (κ2) is 7.09. The predicted octanol–water partition coefficient (Wildman–Crippen LogP) is 1.84. The number of carbonyl (C=O) groups excluding carboxylic acids is 1. The number of methoxy groups -OCH3 is 1. The van der Waals surface area contributed by atoms with Crippen molar-refractivity contribution in [2.75, 3.05) is 7.11 Å². The van der Waals surface area contributed by atoms with Crippen LogP contribution in [-0.4, -0.2) is 25.1 Å². The molecule has 5 heteroatoms. The standard InChI is InChI=1S/C14H21FN2O2/c1-9(2)17-14(18)10(3)16-8-11-5-6-12(19-4)7-13(11)15/h5-7,9-10,16H,8H2,1-4H3,(H,17,18). The van der Waals surface area contributed by atoms with Crippen LogP contribution >= 0.6 is 0 Å². The van der Waals surface area contributed by atoms with Crippen LogP contribution in [0.25, 0.3) is 0 Å². The molecule has 0 spiro atoms. The average molecular weight is 268 g/mol. The van der Waals surface area contributed by atoms with Crippen LogP contribution in [0.4, 0.5) is 4.39 Å². The third-order valence-corrected chi connectivity index (χ3v) is 2.68. The van der Waals surface area contributed by atoms with Crippen molar-refractivity contribution in [3.63, 3.8) is 0 Å². The lowest BCUT2D eigenvalue weighted by molar-refractivity contribution is -0.123. The van der Waals surface area contributed by atoms with Crippen molar-refractivity contribution in [1.82, 2.24) is 10.6 Å². The lowest BCUT2D eigenvalue weighted by atomic mass is 10.2. The molecule has 2 N–H and O–H groups in total.